The van der Waals surface area contributed by atoms with Crippen molar-refractivity contribution in [3.05, 3.63) is 66.4 Å². The summed E-state index contributed by atoms with van der Waals surface area (Å²) in [6, 6.07) is 9.95. The van der Waals surface area contributed by atoms with Crippen LogP contribution in [0.5, 0.6) is 0 Å². The predicted octanol–water partition coefficient (Wildman–Crippen LogP) is 5.32. The molecule has 0 aliphatic heterocycles. The number of pyridine rings is 1. The number of rotatable bonds is 6. The van der Waals surface area contributed by atoms with Gasteiger partial charge in [0, 0.05) is 35.8 Å². The number of aliphatic imine (C=N–C) groups is 1. The maximum atomic E-state index is 13.1. The fourth-order valence-electron chi connectivity index (χ4n) is 2.20. The Bertz CT molecular complexity index is 819. The fourth-order valence-corrected chi connectivity index (χ4v) is 3.19. The molecule has 0 fully saturated rings. The molecule has 0 aliphatic rings. The smallest absolute Gasteiger partial charge is 0.255 e. The molecule has 1 unspecified atom stereocenters. The van der Waals surface area contributed by atoms with Gasteiger partial charge in [0.2, 0.25) is 0 Å². The van der Waals surface area contributed by atoms with E-state index in [0.717, 1.165) is 22.0 Å². The van der Waals surface area contributed by atoms with Crippen molar-refractivity contribution in [3.8, 4) is 0 Å². The van der Waals surface area contributed by atoms with Crippen LogP contribution in [0, 0.1) is 11.7 Å². The number of hydrogen-bond acceptors (Lipinski definition) is 4. The molecule has 0 saturated heterocycles. The highest BCUT2D eigenvalue weighted by atomic mass is 32.2. The SMILES string of the molecule is CCC(C)C(=N/C=C(\C)C(=O)N(C)c1cccnc1)Sc1ccc(F)cc1. The molecule has 0 aliphatic carbocycles. The van der Waals surface area contributed by atoms with Crippen LogP contribution in [0.3, 0.4) is 0 Å². The van der Waals surface area contributed by atoms with Gasteiger partial charge in [0.1, 0.15) is 5.82 Å². The van der Waals surface area contributed by atoms with Gasteiger partial charge in [-0.3, -0.25) is 14.8 Å². The van der Waals surface area contributed by atoms with Crippen LogP contribution in [-0.4, -0.2) is 23.0 Å². The van der Waals surface area contributed by atoms with Crippen molar-refractivity contribution in [1.82, 2.24) is 4.98 Å². The summed E-state index contributed by atoms with van der Waals surface area (Å²) in [6.45, 7) is 5.92. The normalized spacial score (nSPS) is 13.4. The standard InChI is InChI=1S/C21H24FN3OS/c1-5-15(2)20(27-19-10-8-17(22)9-11-19)24-13-16(3)21(26)25(4)18-7-6-12-23-14-18/h6-15H,5H2,1-4H3/b16-13+,24-20?. The van der Waals surface area contributed by atoms with Crippen LogP contribution >= 0.6 is 11.8 Å². The molecule has 1 aromatic heterocycles. The Labute approximate surface area is 164 Å². The third-order valence-electron chi connectivity index (χ3n) is 4.13. The monoisotopic (exact) mass is 385 g/mol. The highest BCUT2D eigenvalue weighted by molar-refractivity contribution is 8.14. The van der Waals surface area contributed by atoms with Gasteiger partial charge in [-0.1, -0.05) is 25.6 Å². The van der Waals surface area contributed by atoms with Crippen LogP contribution in [0.15, 0.2) is 70.5 Å². The van der Waals surface area contributed by atoms with Crippen molar-refractivity contribution >= 4 is 28.4 Å². The molecule has 1 amide bonds. The second-order valence-electron chi connectivity index (χ2n) is 6.22. The van der Waals surface area contributed by atoms with E-state index in [1.165, 1.54) is 23.9 Å². The average Bonchev–Trinajstić information content (AvgIpc) is 2.71. The highest BCUT2D eigenvalue weighted by Gasteiger charge is 2.14. The van der Waals surface area contributed by atoms with Gasteiger partial charge in [-0.25, -0.2) is 4.39 Å². The number of aromatic nitrogens is 1. The first kappa shape index (κ1) is 20.8. The Morgan fingerprint density at radius 2 is 2.04 bits per heavy atom. The topological polar surface area (TPSA) is 45.6 Å². The molecular formula is C21H24FN3OS. The van der Waals surface area contributed by atoms with Crippen LogP contribution in [0.25, 0.3) is 0 Å². The summed E-state index contributed by atoms with van der Waals surface area (Å²) >= 11 is 1.49. The largest absolute Gasteiger partial charge is 0.310 e. The van der Waals surface area contributed by atoms with E-state index in [9.17, 15) is 9.18 Å². The first-order chi connectivity index (χ1) is 12.9. The van der Waals surface area contributed by atoms with Crippen molar-refractivity contribution in [2.75, 3.05) is 11.9 Å². The Kier molecular flexibility index (Phi) is 7.73. The number of hydrogen-bond donors (Lipinski definition) is 0. The lowest BCUT2D eigenvalue weighted by atomic mass is 10.1. The highest BCUT2D eigenvalue weighted by Crippen LogP contribution is 2.26. The van der Waals surface area contributed by atoms with Gasteiger partial charge >= 0.3 is 0 Å². The minimum atomic E-state index is -0.263. The third kappa shape index (κ3) is 6.03. The molecule has 1 heterocycles. The second-order valence-corrected chi connectivity index (χ2v) is 7.31. The molecule has 0 N–H and O–H groups in total. The minimum absolute atomic E-state index is 0.137. The molecule has 27 heavy (non-hydrogen) atoms. The van der Waals surface area contributed by atoms with E-state index in [0.29, 0.717) is 5.57 Å². The predicted molar refractivity (Wildman–Crippen MR) is 111 cm³/mol. The maximum absolute atomic E-state index is 13.1. The summed E-state index contributed by atoms with van der Waals surface area (Å²) in [5.41, 5.74) is 1.25. The van der Waals surface area contributed by atoms with E-state index in [2.05, 4.69) is 23.8 Å². The molecule has 0 bridgehead atoms. The van der Waals surface area contributed by atoms with Crippen molar-refractivity contribution in [3.63, 3.8) is 0 Å². The molecule has 4 nitrogen and oxygen atoms in total. The zero-order valence-corrected chi connectivity index (χ0v) is 16.8. The van der Waals surface area contributed by atoms with Gasteiger partial charge in [-0.2, -0.15) is 0 Å². The zero-order chi connectivity index (χ0) is 19.8. The van der Waals surface area contributed by atoms with E-state index in [1.807, 2.05) is 6.07 Å². The number of nitrogens with zero attached hydrogens (tertiary/aromatic N) is 3. The van der Waals surface area contributed by atoms with Crippen LogP contribution in [-0.2, 0) is 4.79 Å². The lowest BCUT2D eigenvalue weighted by Crippen LogP contribution is -2.26. The number of benzene rings is 1. The van der Waals surface area contributed by atoms with Gasteiger partial charge in [-0.05, 0) is 49.7 Å². The molecule has 6 heteroatoms. The molecule has 1 atom stereocenters. The van der Waals surface area contributed by atoms with Crippen LogP contribution < -0.4 is 4.90 Å². The van der Waals surface area contributed by atoms with Crippen LogP contribution in [0.2, 0.25) is 0 Å². The molecule has 2 aromatic rings. The van der Waals surface area contributed by atoms with Gasteiger partial charge in [0.15, 0.2) is 0 Å². The summed E-state index contributed by atoms with van der Waals surface area (Å²) in [4.78, 5) is 23.7. The second kappa shape index (κ2) is 10.0. The maximum Gasteiger partial charge on any atom is 0.255 e. The van der Waals surface area contributed by atoms with Crippen molar-refractivity contribution in [2.45, 2.75) is 32.1 Å². The van der Waals surface area contributed by atoms with Gasteiger partial charge in [0.25, 0.3) is 5.91 Å². The Morgan fingerprint density at radius 3 is 2.63 bits per heavy atom. The van der Waals surface area contributed by atoms with E-state index in [4.69, 9.17) is 0 Å². The van der Waals surface area contributed by atoms with Crippen molar-refractivity contribution < 1.29 is 9.18 Å². The third-order valence-corrected chi connectivity index (χ3v) is 5.36. The summed E-state index contributed by atoms with van der Waals surface area (Å²) in [5, 5.41) is 0.889. The van der Waals surface area contributed by atoms with Crippen LogP contribution in [0.1, 0.15) is 27.2 Å². The first-order valence-electron chi connectivity index (χ1n) is 8.78. The zero-order valence-electron chi connectivity index (χ0n) is 16.0. The lowest BCUT2D eigenvalue weighted by molar-refractivity contribution is -0.114. The lowest BCUT2D eigenvalue weighted by Gasteiger charge is -2.17. The molecule has 142 valence electrons. The van der Waals surface area contributed by atoms with Crippen molar-refractivity contribution in [2.24, 2.45) is 10.9 Å². The summed E-state index contributed by atoms with van der Waals surface area (Å²) in [7, 11) is 1.71. The number of halogens is 1. The Morgan fingerprint density at radius 1 is 1.33 bits per heavy atom. The minimum Gasteiger partial charge on any atom is -0.310 e. The summed E-state index contributed by atoms with van der Waals surface area (Å²) < 4.78 is 13.1. The first-order valence-corrected chi connectivity index (χ1v) is 9.60. The van der Waals surface area contributed by atoms with E-state index in [1.54, 1.807) is 55.7 Å². The van der Waals surface area contributed by atoms with Gasteiger partial charge in [0.05, 0.1) is 16.9 Å². The fraction of sp³-hybridized carbons (Fsp3) is 0.286. The molecule has 1 aromatic carbocycles. The molecule has 0 radical (unpaired) electrons. The van der Waals surface area contributed by atoms with Crippen LogP contribution in [0.4, 0.5) is 10.1 Å². The number of likely N-dealkylation sites (N-methyl/N-ethyl adjacent to an activating group) is 1. The van der Waals surface area contributed by atoms with Gasteiger partial charge < -0.3 is 4.90 Å². The van der Waals surface area contributed by atoms with E-state index < -0.39 is 0 Å². The quantitative estimate of drug-likeness (QED) is 0.292. The Balaban J connectivity index is 2.19. The number of amides is 1. The molecule has 2 rings (SSSR count). The summed E-state index contributed by atoms with van der Waals surface area (Å²) in [6.07, 6.45) is 5.83. The van der Waals surface area contributed by atoms with Crippen molar-refractivity contribution in [1.29, 1.82) is 0 Å². The Hall–Kier alpha value is -2.47. The number of anilines is 1. The number of thioether (sulfide) groups is 1. The average molecular weight is 386 g/mol. The van der Waals surface area contributed by atoms with Gasteiger partial charge in [-0.15, -0.1) is 0 Å². The van der Waals surface area contributed by atoms with E-state index >= 15 is 0 Å². The summed E-state index contributed by atoms with van der Waals surface area (Å²) in [5.74, 6) is -0.168. The molecule has 0 spiro atoms. The molecule has 0 saturated carbocycles. The molecular weight excluding hydrogens is 361 g/mol. The number of carbonyl (C=O) groups is 1. The van der Waals surface area contributed by atoms with E-state index in [-0.39, 0.29) is 17.6 Å². The number of carbonyl (C=O) groups excluding carboxylic acids is 1.